The summed E-state index contributed by atoms with van der Waals surface area (Å²) in [6.07, 6.45) is 2.54. The van der Waals surface area contributed by atoms with Crippen LogP contribution in [0.25, 0.3) is 0 Å². The summed E-state index contributed by atoms with van der Waals surface area (Å²) in [6.45, 7) is 4.32. The predicted molar refractivity (Wildman–Crippen MR) is 62.1 cm³/mol. The van der Waals surface area contributed by atoms with Crippen LogP contribution in [0.15, 0.2) is 18.2 Å². The first-order valence-electron chi connectivity index (χ1n) is 5.75. The van der Waals surface area contributed by atoms with Crippen molar-refractivity contribution in [1.29, 1.82) is 0 Å². The van der Waals surface area contributed by atoms with E-state index in [9.17, 15) is 9.50 Å². The van der Waals surface area contributed by atoms with Crippen LogP contribution in [0, 0.1) is 5.82 Å². The quantitative estimate of drug-likeness (QED) is 0.753. The van der Waals surface area contributed by atoms with E-state index in [1.54, 1.807) is 13.0 Å². The van der Waals surface area contributed by atoms with E-state index in [1.807, 2.05) is 0 Å². The van der Waals surface area contributed by atoms with Crippen molar-refractivity contribution in [3.05, 3.63) is 29.6 Å². The minimum absolute atomic E-state index is 0.371. The SMILES string of the molecule is CCCCCOc1cc(F)cc(C(C)O)c1. The second-order valence-corrected chi connectivity index (χ2v) is 3.95. The average molecular weight is 226 g/mol. The predicted octanol–water partition coefficient (Wildman–Crippen LogP) is 3.45. The highest BCUT2D eigenvalue weighted by molar-refractivity contribution is 5.30. The number of unbranched alkanes of at least 4 members (excludes halogenated alkanes) is 2. The highest BCUT2D eigenvalue weighted by Gasteiger charge is 2.06. The van der Waals surface area contributed by atoms with Gasteiger partial charge in [-0.3, -0.25) is 0 Å². The van der Waals surface area contributed by atoms with Crippen molar-refractivity contribution in [2.75, 3.05) is 6.61 Å². The van der Waals surface area contributed by atoms with Crippen molar-refractivity contribution < 1.29 is 14.2 Å². The number of rotatable bonds is 6. The van der Waals surface area contributed by atoms with Crippen LogP contribution in [0.2, 0.25) is 0 Å². The third-order valence-corrected chi connectivity index (χ3v) is 2.39. The van der Waals surface area contributed by atoms with Crippen LogP contribution in [0.3, 0.4) is 0 Å². The molecule has 0 aliphatic rings. The fourth-order valence-corrected chi connectivity index (χ4v) is 1.45. The summed E-state index contributed by atoms with van der Waals surface area (Å²) in [5.41, 5.74) is 0.547. The summed E-state index contributed by atoms with van der Waals surface area (Å²) in [7, 11) is 0. The molecule has 1 unspecified atom stereocenters. The van der Waals surface area contributed by atoms with Gasteiger partial charge in [-0.05, 0) is 31.0 Å². The van der Waals surface area contributed by atoms with E-state index in [2.05, 4.69) is 6.92 Å². The standard InChI is InChI=1S/C13H19FO2/c1-3-4-5-6-16-13-8-11(10(2)15)7-12(14)9-13/h7-10,15H,3-6H2,1-2H3. The van der Waals surface area contributed by atoms with Crippen molar-refractivity contribution in [3.8, 4) is 5.75 Å². The van der Waals surface area contributed by atoms with E-state index in [1.165, 1.54) is 12.1 Å². The molecule has 0 spiro atoms. The molecular formula is C13H19FO2. The summed E-state index contributed by atoms with van der Waals surface area (Å²) in [5, 5.41) is 9.36. The van der Waals surface area contributed by atoms with Gasteiger partial charge in [-0.2, -0.15) is 0 Å². The molecule has 1 atom stereocenters. The molecule has 1 N–H and O–H groups in total. The average Bonchev–Trinajstić information content (AvgIpc) is 2.23. The first kappa shape index (κ1) is 13.0. The van der Waals surface area contributed by atoms with Crippen LogP contribution in [-0.2, 0) is 0 Å². The van der Waals surface area contributed by atoms with Gasteiger partial charge in [-0.15, -0.1) is 0 Å². The smallest absolute Gasteiger partial charge is 0.127 e. The molecule has 16 heavy (non-hydrogen) atoms. The molecule has 0 saturated heterocycles. The molecule has 0 bridgehead atoms. The normalized spacial score (nSPS) is 12.5. The third-order valence-electron chi connectivity index (χ3n) is 2.39. The lowest BCUT2D eigenvalue weighted by molar-refractivity contribution is 0.198. The number of aliphatic hydroxyl groups is 1. The molecule has 0 radical (unpaired) electrons. The summed E-state index contributed by atoms with van der Waals surface area (Å²) in [5.74, 6) is 0.121. The van der Waals surface area contributed by atoms with E-state index >= 15 is 0 Å². The Morgan fingerprint density at radius 2 is 2.06 bits per heavy atom. The molecule has 90 valence electrons. The van der Waals surface area contributed by atoms with Gasteiger partial charge in [-0.25, -0.2) is 4.39 Å². The maximum Gasteiger partial charge on any atom is 0.127 e. The van der Waals surface area contributed by atoms with Crippen molar-refractivity contribution in [1.82, 2.24) is 0 Å². The maximum atomic E-state index is 13.2. The van der Waals surface area contributed by atoms with E-state index < -0.39 is 6.10 Å². The first-order chi connectivity index (χ1) is 7.63. The number of hydrogen-bond donors (Lipinski definition) is 1. The Labute approximate surface area is 96.1 Å². The summed E-state index contributed by atoms with van der Waals surface area (Å²) >= 11 is 0. The van der Waals surface area contributed by atoms with Crippen LogP contribution in [0.1, 0.15) is 44.8 Å². The van der Waals surface area contributed by atoms with Crippen LogP contribution in [0.4, 0.5) is 4.39 Å². The van der Waals surface area contributed by atoms with Gasteiger partial charge >= 0.3 is 0 Å². The molecule has 3 heteroatoms. The minimum Gasteiger partial charge on any atom is -0.493 e. The van der Waals surface area contributed by atoms with Gasteiger partial charge in [0.2, 0.25) is 0 Å². The molecule has 1 aromatic carbocycles. The summed E-state index contributed by atoms with van der Waals surface area (Å²) < 4.78 is 18.6. The first-order valence-corrected chi connectivity index (χ1v) is 5.75. The molecule has 0 amide bonds. The van der Waals surface area contributed by atoms with E-state index in [4.69, 9.17) is 4.74 Å². The molecule has 0 aliphatic carbocycles. The number of hydrogen-bond acceptors (Lipinski definition) is 2. The lowest BCUT2D eigenvalue weighted by Crippen LogP contribution is -1.99. The molecule has 0 saturated carbocycles. The summed E-state index contributed by atoms with van der Waals surface area (Å²) in [6, 6.07) is 4.35. The lowest BCUT2D eigenvalue weighted by Gasteiger charge is -2.10. The summed E-state index contributed by atoms with van der Waals surface area (Å²) in [4.78, 5) is 0. The second kappa shape index (κ2) is 6.48. The van der Waals surface area contributed by atoms with Gasteiger partial charge in [0.25, 0.3) is 0 Å². The number of halogens is 1. The zero-order valence-electron chi connectivity index (χ0n) is 9.87. The van der Waals surface area contributed by atoms with Gasteiger partial charge < -0.3 is 9.84 Å². The molecule has 0 aliphatic heterocycles. The van der Waals surface area contributed by atoms with Crippen molar-refractivity contribution >= 4 is 0 Å². The molecule has 0 fully saturated rings. The van der Waals surface area contributed by atoms with Crippen LogP contribution in [-0.4, -0.2) is 11.7 Å². The van der Waals surface area contributed by atoms with Gasteiger partial charge in [0.1, 0.15) is 11.6 Å². The Kier molecular flexibility index (Phi) is 5.26. The largest absolute Gasteiger partial charge is 0.493 e. The van der Waals surface area contributed by atoms with Crippen molar-refractivity contribution in [2.45, 2.75) is 39.2 Å². The lowest BCUT2D eigenvalue weighted by atomic mass is 10.1. The van der Waals surface area contributed by atoms with Crippen LogP contribution < -0.4 is 4.74 Å². The Morgan fingerprint density at radius 3 is 2.69 bits per heavy atom. The fourth-order valence-electron chi connectivity index (χ4n) is 1.45. The molecular weight excluding hydrogens is 207 g/mol. The number of benzene rings is 1. The molecule has 2 nitrogen and oxygen atoms in total. The molecule has 0 heterocycles. The minimum atomic E-state index is -0.673. The topological polar surface area (TPSA) is 29.5 Å². The van der Waals surface area contributed by atoms with Crippen molar-refractivity contribution in [3.63, 3.8) is 0 Å². The number of aliphatic hydroxyl groups excluding tert-OH is 1. The van der Waals surface area contributed by atoms with E-state index in [0.717, 1.165) is 19.3 Å². The van der Waals surface area contributed by atoms with Crippen molar-refractivity contribution in [2.24, 2.45) is 0 Å². The Morgan fingerprint density at radius 1 is 1.31 bits per heavy atom. The van der Waals surface area contributed by atoms with Gasteiger partial charge in [0.15, 0.2) is 0 Å². The highest BCUT2D eigenvalue weighted by atomic mass is 19.1. The van der Waals surface area contributed by atoms with Gasteiger partial charge in [0.05, 0.1) is 12.7 Å². The Hall–Kier alpha value is -1.09. The second-order valence-electron chi connectivity index (χ2n) is 3.95. The maximum absolute atomic E-state index is 13.2. The zero-order valence-corrected chi connectivity index (χ0v) is 9.87. The monoisotopic (exact) mass is 226 g/mol. The van der Waals surface area contributed by atoms with Gasteiger partial charge in [0, 0.05) is 6.07 Å². The van der Waals surface area contributed by atoms with Crippen LogP contribution in [0.5, 0.6) is 5.75 Å². The van der Waals surface area contributed by atoms with E-state index in [0.29, 0.717) is 17.9 Å². The molecule has 1 rings (SSSR count). The van der Waals surface area contributed by atoms with Gasteiger partial charge in [-0.1, -0.05) is 19.8 Å². The molecule has 0 aromatic heterocycles. The van der Waals surface area contributed by atoms with E-state index in [-0.39, 0.29) is 5.82 Å². The Bertz CT molecular complexity index is 324. The zero-order chi connectivity index (χ0) is 12.0. The van der Waals surface area contributed by atoms with Crippen LogP contribution >= 0.6 is 0 Å². The Balaban J connectivity index is 2.58. The molecule has 1 aromatic rings. The fraction of sp³-hybridized carbons (Fsp3) is 0.538. The number of ether oxygens (including phenoxy) is 1. The third kappa shape index (κ3) is 4.19. The highest BCUT2D eigenvalue weighted by Crippen LogP contribution is 2.21.